The lowest BCUT2D eigenvalue weighted by Crippen LogP contribution is -2.19. The molecule has 0 saturated carbocycles. The van der Waals surface area contributed by atoms with Crippen molar-refractivity contribution in [2.75, 3.05) is 24.3 Å². The Hall–Kier alpha value is -1.92. The Bertz CT molecular complexity index is 583. The number of hydrogen-bond donors (Lipinski definition) is 2. The molecule has 0 bridgehead atoms. The number of benzene rings is 1. The van der Waals surface area contributed by atoms with Gasteiger partial charge in [0.15, 0.2) is 0 Å². The highest BCUT2D eigenvalue weighted by molar-refractivity contribution is 7.09. The zero-order chi connectivity index (χ0) is 14.4. The molecule has 0 aliphatic heterocycles. The number of nitrogens with zero attached hydrogens (tertiary/aromatic N) is 1. The fraction of sp³-hybridized carbons (Fsp3) is 0.286. The molecule has 0 unspecified atom stereocenters. The number of ether oxygens (including phenoxy) is 1. The first-order valence-corrected chi connectivity index (χ1v) is 7.16. The molecule has 1 amide bonds. The topological polar surface area (TPSA) is 77.2 Å². The van der Waals surface area contributed by atoms with Crippen LogP contribution in [0.15, 0.2) is 29.8 Å². The first-order valence-electron chi connectivity index (χ1n) is 6.28. The van der Waals surface area contributed by atoms with Crippen LogP contribution in [0.25, 0.3) is 0 Å². The highest BCUT2D eigenvalue weighted by Crippen LogP contribution is 2.16. The fourth-order valence-electron chi connectivity index (χ4n) is 1.69. The molecule has 2 aromatic rings. The smallest absolute Gasteiger partial charge is 0.250 e. The minimum absolute atomic E-state index is 0.0200. The number of rotatable bonds is 6. The average molecular weight is 291 g/mol. The predicted octanol–water partition coefficient (Wildman–Crippen LogP) is 2.23. The lowest BCUT2D eigenvalue weighted by molar-refractivity contribution is -0.120. The Morgan fingerprint density at radius 3 is 2.95 bits per heavy atom. The molecule has 20 heavy (non-hydrogen) atoms. The van der Waals surface area contributed by atoms with Gasteiger partial charge in [-0.05, 0) is 19.1 Å². The van der Waals surface area contributed by atoms with Gasteiger partial charge in [0.1, 0.15) is 6.61 Å². The Kier molecular flexibility index (Phi) is 5.09. The summed E-state index contributed by atoms with van der Waals surface area (Å²) in [6.45, 7) is 2.49. The van der Waals surface area contributed by atoms with Crippen LogP contribution < -0.4 is 11.1 Å². The van der Waals surface area contributed by atoms with Crippen molar-refractivity contribution in [1.82, 2.24) is 4.98 Å². The van der Waals surface area contributed by atoms with Crippen LogP contribution in [0.3, 0.4) is 0 Å². The summed E-state index contributed by atoms with van der Waals surface area (Å²) in [5.41, 5.74) is 9.74. The molecular formula is C14H17N3O2S. The van der Waals surface area contributed by atoms with Crippen molar-refractivity contribution in [2.45, 2.75) is 13.3 Å². The zero-order valence-corrected chi connectivity index (χ0v) is 12.1. The van der Waals surface area contributed by atoms with Crippen molar-refractivity contribution in [3.05, 3.63) is 40.3 Å². The van der Waals surface area contributed by atoms with Gasteiger partial charge in [-0.1, -0.05) is 12.1 Å². The van der Waals surface area contributed by atoms with Gasteiger partial charge in [-0.2, -0.15) is 0 Å². The summed E-state index contributed by atoms with van der Waals surface area (Å²) in [5.74, 6) is -0.205. The standard InChI is InChI=1S/C14H17N3O2S/c1-10-13(20-9-16-10)6-7-19-8-14(18)17-12-5-3-2-4-11(12)15/h2-5,9H,6-8,15H2,1H3,(H,17,18). The largest absolute Gasteiger partial charge is 0.397 e. The first-order chi connectivity index (χ1) is 9.66. The van der Waals surface area contributed by atoms with Crippen LogP contribution in [0.5, 0.6) is 0 Å². The molecule has 0 atom stereocenters. The number of hydrogen-bond acceptors (Lipinski definition) is 5. The molecule has 1 aromatic carbocycles. The molecule has 106 valence electrons. The average Bonchev–Trinajstić information content (AvgIpc) is 2.83. The van der Waals surface area contributed by atoms with E-state index in [1.165, 1.54) is 4.88 Å². The van der Waals surface area contributed by atoms with E-state index in [1.807, 2.05) is 24.6 Å². The Morgan fingerprint density at radius 1 is 1.45 bits per heavy atom. The quantitative estimate of drug-likeness (QED) is 0.632. The maximum Gasteiger partial charge on any atom is 0.250 e. The van der Waals surface area contributed by atoms with E-state index in [1.54, 1.807) is 23.5 Å². The first kappa shape index (κ1) is 14.5. The second kappa shape index (κ2) is 7.02. The van der Waals surface area contributed by atoms with Crippen LogP contribution >= 0.6 is 11.3 Å². The van der Waals surface area contributed by atoms with E-state index in [0.717, 1.165) is 12.1 Å². The van der Waals surface area contributed by atoms with Crippen molar-refractivity contribution in [1.29, 1.82) is 0 Å². The third-order valence-corrected chi connectivity index (χ3v) is 3.78. The minimum Gasteiger partial charge on any atom is -0.397 e. The minimum atomic E-state index is -0.205. The molecule has 1 heterocycles. The normalized spacial score (nSPS) is 10.4. The van der Waals surface area contributed by atoms with Gasteiger partial charge in [-0.25, -0.2) is 4.98 Å². The number of amides is 1. The van der Waals surface area contributed by atoms with Gasteiger partial charge < -0.3 is 15.8 Å². The molecule has 0 aliphatic rings. The molecular weight excluding hydrogens is 274 g/mol. The molecule has 5 nitrogen and oxygen atoms in total. The number of nitrogens with one attached hydrogen (secondary N) is 1. The van der Waals surface area contributed by atoms with E-state index in [0.29, 0.717) is 18.0 Å². The molecule has 3 N–H and O–H groups in total. The highest BCUT2D eigenvalue weighted by atomic mass is 32.1. The summed E-state index contributed by atoms with van der Waals surface area (Å²) in [6.07, 6.45) is 0.775. The van der Waals surface area contributed by atoms with Crippen molar-refractivity contribution in [2.24, 2.45) is 0 Å². The van der Waals surface area contributed by atoms with Crippen molar-refractivity contribution >= 4 is 28.6 Å². The van der Waals surface area contributed by atoms with Crippen LogP contribution in [-0.4, -0.2) is 24.1 Å². The number of aromatic nitrogens is 1. The van der Waals surface area contributed by atoms with E-state index in [2.05, 4.69) is 10.3 Å². The van der Waals surface area contributed by atoms with Crippen LogP contribution in [0.2, 0.25) is 0 Å². The third-order valence-electron chi connectivity index (χ3n) is 2.79. The van der Waals surface area contributed by atoms with E-state index >= 15 is 0 Å². The van der Waals surface area contributed by atoms with Crippen LogP contribution in [-0.2, 0) is 16.0 Å². The summed E-state index contributed by atoms with van der Waals surface area (Å²) >= 11 is 1.60. The van der Waals surface area contributed by atoms with E-state index < -0.39 is 0 Å². The number of carbonyl (C=O) groups is 1. The second-order valence-electron chi connectivity index (χ2n) is 4.30. The Morgan fingerprint density at radius 2 is 2.25 bits per heavy atom. The Balaban J connectivity index is 1.71. The number of nitrogens with two attached hydrogens (primary N) is 1. The van der Waals surface area contributed by atoms with Crippen molar-refractivity contribution < 1.29 is 9.53 Å². The number of carbonyl (C=O) groups excluding carboxylic acids is 1. The molecule has 1 aromatic heterocycles. The second-order valence-corrected chi connectivity index (χ2v) is 5.24. The monoisotopic (exact) mass is 291 g/mol. The maximum absolute atomic E-state index is 11.7. The molecule has 2 rings (SSSR count). The number of aryl methyl sites for hydroxylation is 1. The molecule has 0 radical (unpaired) electrons. The van der Waals surface area contributed by atoms with Gasteiger partial charge in [0.05, 0.1) is 29.2 Å². The fourth-order valence-corrected chi connectivity index (χ4v) is 2.46. The van der Waals surface area contributed by atoms with Crippen LogP contribution in [0.4, 0.5) is 11.4 Å². The lowest BCUT2D eigenvalue weighted by atomic mass is 10.3. The summed E-state index contributed by atoms with van der Waals surface area (Å²) < 4.78 is 5.36. The van der Waals surface area contributed by atoms with Crippen LogP contribution in [0, 0.1) is 6.92 Å². The lowest BCUT2D eigenvalue weighted by Gasteiger charge is -2.08. The van der Waals surface area contributed by atoms with E-state index in [-0.39, 0.29) is 12.5 Å². The molecule has 0 spiro atoms. The number of nitrogen functional groups attached to an aromatic ring is 1. The van der Waals surface area contributed by atoms with Gasteiger partial charge in [-0.15, -0.1) is 11.3 Å². The SMILES string of the molecule is Cc1ncsc1CCOCC(=O)Nc1ccccc1N. The highest BCUT2D eigenvalue weighted by Gasteiger charge is 2.06. The summed E-state index contributed by atoms with van der Waals surface area (Å²) in [5, 5.41) is 2.72. The molecule has 6 heteroatoms. The van der Waals surface area contributed by atoms with Crippen molar-refractivity contribution in [3.8, 4) is 0 Å². The number of anilines is 2. The number of thiazole rings is 1. The molecule has 0 saturated heterocycles. The summed E-state index contributed by atoms with van der Waals surface area (Å²) in [6, 6.07) is 7.13. The molecule has 0 fully saturated rings. The summed E-state index contributed by atoms with van der Waals surface area (Å²) in [7, 11) is 0. The molecule has 0 aliphatic carbocycles. The van der Waals surface area contributed by atoms with Gasteiger partial charge in [0.25, 0.3) is 0 Å². The zero-order valence-electron chi connectivity index (χ0n) is 11.3. The number of para-hydroxylation sites is 2. The maximum atomic E-state index is 11.7. The summed E-state index contributed by atoms with van der Waals surface area (Å²) in [4.78, 5) is 17.0. The van der Waals surface area contributed by atoms with E-state index in [4.69, 9.17) is 10.5 Å². The van der Waals surface area contributed by atoms with Gasteiger partial charge in [0, 0.05) is 11.3 Å². The van der Waals surface area contributed by atoms with Crippen molar-refractivity contribution in [3.63, 3.8) is 0 Å². The van der Waals surface area contributed by atoms with Gasteiger partial charge in [-0.3, -0.25) is 4.79 Å². The van der Waals surface area contributed by atoms with E-state index in [9.17, 15) is 4.79 Å². The van der Waals surface area contributed by atoms with Gasteiger partial charge in [0.2, 0.25) is 5.91 Å². The predicted molar refractivity (Wildman–Crippen MR) is 80.9 cm³/mol. The van der Waals surface area contributed by atoms with Gasteiger partial charge >= 0.3 is 0 Å². The van der Waals surface area contributed by atoms with Crippen LogP contribution in [0.1, 0.15) is 10.6 Å². The third kappa shape index (κ3) is 4.04. The Labute approximate surface area is 121 Å².